The maximum Gasteiger partial charge on any atom is 0.417 e. The molecule has 6 heterocycles. The van der Waals surface area contributed by atoms with Crippen LogP contribution in [0.2, 0.25) is 0 Å². The van der Waals surface area contributed by atoms with Crippen LogP contribution in [-0.2, 0) is 37.0 Å². The lowest BCUT2D eigenvalue weighted by molar-refractivity contribution is -0.140. The van der Waals surface area contributed by atoms with Gasteiger partial charge in [-0.05, 0) is 85.7 Å². The Bertz CT molecular complexity index is 1840. The highest BCUT2D eigenvalue weighted by molar-refractivity contribution is 9.10. The molecule has 1 aromatic carbocycles. The number of carbonyl (C=O) groups excluding carboxylic acids is 1. The molecular formula is C34H38BrF3N8O3. The SMILES string of the molecule is CC#Cc1cc(N)cc(C2Cc3nc(OCC45CCCN4CCC5)nc(N4CCCn5nc(C(=O)NC)c(Br)c5C4)c3CO2)c1C(F)(F)F. The van der Waals surface area contributed by atoms with Crippen LogP contribution in [0.25, 0.3) is 0 Å². The number of aryl methyl sites for hydroxylation is 1. The summed E-state index contributed by atoms with van der Waals surface area (Å²) in [6.07, 6.45) is -0.591. The topological polar surface area (TPSA) is 124 Å². The van der Waals surface area contributed by atoms with E-state index in [-0.39, 0.29) is 47.3 Å². The average molecular weight is 744 g/mol. The van der Waals surface area contributed by atoms with Gasteiger partial charge in [-0.3, -0.25) is 14.4 Å². The van der Waals surface area contributed by atoms with E-state index in [0.717, 1.165) is 44.5 Å². The van der Waals surface area contributed by atoms with Crippen molar-refractivity contribution in [3.05, 3.63) is 55.9 Å². The molecule has 49 heavy (non-hydrogen) atoms. The third kappa shape index (κ3) is 6.23. The molecule has 4 aliphatic heterocycles. The first-order chi connectivity index (χ1) is 23.5. The Morgan fingerprint density at radius 2 is 1.96 bits per heavy atom. The number of anilines is 2. The monoisotopic (exact) mass is 742 g/mol. The summed E-state index contributed by atoms with van der Waals surface area (Å²) in [5, 5.41) is 7.18. The summed E-state index contributed by atoms with van der Waals surface area (Å²) < 4.78 is 58.7. The van der Waals surface area contributed by atoms with Gasteiger partial charge < -0.3 is 25.4 Å². The maximum atomic E-state index is 14.6. The zero-order chi connectivity index (χ0) is 34.5. The molecule has 2 fully saturated rings. The van der Waals surface area contributed by atoms with E-state index in [2.05, 4.69) is 48.0 Å². The zero-order valence-corrected chi connectivity index (χ0v) is 29.0. The minimum Gasteiger partial charge on any atom is -0.461 e. The molecule has 4 aliphatic rings. The molecule has 11 nitrogen and oxygen atoms in total. The van der Waals surface area contributed by atoms with Gasteiger partial charge in [-0.25, -0.2) is 0 Å². The first-order valence-electron chi connectivity index (χ1n) is 16.6. The summed E-state index contributed by atoms with van der Waals surface area (Å²) in [5.41, 5.74) is 7.46. The van der Waals surface area contributed by atoms with Gasteiger partial charge in [0.05, 0.1) is 46.2 Å². The second-order valence-corrected chi connectivity index (χ2v) is 13.9. The fraction of sp³-hybridized carbons (Fsp3) is 0.529. The van der Waals surface area contributed by atoms with E-state index in [4.69, 9.17) is 25.2 Å². The normalized spacial score (nSPS) is 20.1. The highest BCUT2D eigenvalue weighted by atomic mass is 79.9. The number of halogens is 4. The van der Waals surface area contributed by atoms with Crippen molar-refractivity contribution in [3.63, 3.8) is 0 Å². The van der Waals surface area contributed by atoms with Crippen molar-refractivity contribution in [2.75, 3.05) is 43.9 Å². The van der Waals surface area contributed by atoms with Crippen LogP contribution in [0.5, 0.6) is 6.01 Å². The minimum absolute atomic E-state index is 0.0192. The Balaban J connectivity index is 1.28. The van der Waals surface area contributed by atoms with Crippen molar-refractivity contribution in [2.45, 2.75) is 83.0 Å². The molecule has 1 amide bonds. The Labute approximate surface area is 290 Å². The summed E-state index contributed by atoms with van der Waals surface area (Å²) >= 11 is 3.60. The Morgan fingerprint density at radius 1 is 1.18 bits per heavy atom. The molecule has 3 N–H and O–H groups in total. The number of hydrogen-bond donors (Lipinski definition) is 2. The number of aromatic nitrogens is 4. The Hall–Kier alpha value is -3.87. The van der Waals surface area contributed by atoms with Crippen molar-refractivity contribution in [1.29, 1.82) is 0 Å². The predicted molar refractivity (Wildman–Crippen MR) is 179 cm³/mol. The van der Waals surface area contributed by atoms with E-state index in [1.54, 1.807) is 7.05 Å². The largest absolute Gasteiger partial charge is 0.461 e. The van der Waals surface area contributed by atoms with Gasteiger partial charge in [0.25, 0.3) is 5.91 Å². The number of nitrogen functional groups attached to an aromatic ring is 1. The second kappa shape index (κ2) is 13.1. The minimum atomic E-state index is -4.68. The average Bonchev–Trinajstić information content (AvgIpc) is 3.69. The van der Waals surface area contributed by atoms with Crippen LogP contribution in [-0.4, -0.2) is 69.4 Å². The van der Waals surface area contributed by atoms with Gasteiger partial charge in [0.15, 0.2) is 5.69 Å². The predicted octanol–water partition coefficient (Wildman–Crippen LogP) is 5.00. The molecular weight excluding hydrogens is 705 g/mol. The van der Waals surface area contributed by atoms with Crippen LogP contribution in [0, 0.1) is 11.8 Å². The van der Waals surface area contributed by atoms with Crippen LogP contribution >= 0.6 is 15.9 Å². The first-order valence-corrected chi connectivity index (χ1v) is 17.4. The van der Waals surface area contributed by atoms with Gasteiger partial charge in [-0.2, -0.15) is 28.2 Å². The fourth-order valence-electron chi connectivity index (χ4n) is 7.83. The Morgan fingerprint density at radius 3 is 2.67 bits per heavy atom. The van der Waals surface area contributed by atoms with Gasteiger partial charge in [-0.15, -0.1) is 5.92 Å². The highest BCUT2D eigenvalue weighted by Crippen LogP contribution is 2.44. The Kier molecular flexibility index (Phi) is 8.99. The van der Waals surface area contributed by atoms with Gasteiger partial charge in [-0.1, -0.05) is 5.92 Å². The fourth-order valence-corrected chi connectivity index (χ4v) is 8.42. The van der Waals surface area contributed by atoms with Crippen molar-refractivity contribution >= 4 is 33.3 Å². The molecule has 1 unspecified atom stereocenters. The molecule has 2 saturated heterocycles. The number of nitrogens with two attached hydrogens (primary N) is 1. The van der Waals surface area contributed by atoms with Crippen LogP contribution in [0.4, 0.5) is 24.7 Å². The van der Waals surface area contributed by atoms with Crippen molar-refractivity contribution in [3.8, 4) is 17.9 Å². The third-order valence-electron chi connectivity index (χ3n) is 10.1. The van der Waals surface area contributed by atoms with Crippen molar-refractivity contribution in [2.24, 2.45) is 0 Å². The number of ether oxygens (including phenoxy) is 2. The molecule has 0 bridgehead atoms. The summed E-state index contributed by atoms with van der Waals surface area (Å²) in [5.74, 6) is 5.45. The van der Waals surface area contributed by atoms with E-state index < -0.39 is 17.8 Å². The number of benzene rings is 1. The second-order valence-electron chi connectivity index (χ2n) is 13.1. The van der Waals surface area contributed by atoms with E-state index in [0.29, 0.717) is 59.9 Å². The first kappa shape index (κ1) is 33.6. The molecule has 0 spiro atoms. The zero-order valence-electron chi connectivity index (χ0n) is 27.4. The summed E-state index contributed by atoms with van der Waals surface area (Å²) in [7, 11) is 1.56. The standard InChI is InChI=1S/C34H38BrF3N8O3/c1-3-7-20-14-21(39)15-22(27(20)34(36,37)38)26-16-24-23(18-48-26)30(42-32(41-24)49-19-33-8-4-11-45(33)12-5-9-33)44-10-6-13-46-25(17-44)28(35)29(43-46)31(47)40-2/h14-15,26H,4-6,8-13,16-19,39H2,1-2H3,(H,40,47). The number of nitrogens with zero attached hydrogens (tertiary/aromatic N) is 6. The van der Waals surface area contributed by atoms with E-state index >= 15 is 0 Å². The molecule has 2 aromatic heterocycles. The molecule has 0 saturated carbocycles. The molecule has 15 heteroatoms. The smallest absolute Gasteiger partial charge is 0.417 e. The van der Waals surface area contributed by atoms with Gasteiger partial charge >= 0.3 is 12.2 Å². The summed E-state index contributed by atoms with van der Waals surface area (Å²) in [4.78, 5) is 26.9. The quantitative estimate of drug-likeness (QED) is 0.266. The highest BCUT2D eigenvalue weighted by Gasteiger charge is 2.45. The van der Waals surface area contributed by atoms with Crippen LogP contribution < -0.4 is 20.7 Å². The maximum absolute atomic E-state index is 14.6. The van der Waals surface area contributed by atoms with Gasteiger partial charge in [0.1, 0.15) is 12.4 Å². The molecule has 260 valence electrons. The molecule has 0 radical (unpaired) electrons. The molecule has 1 atom stereocenters. The molecule has 3 aromatic rings. The molecule has 0 aliphatic carbocycles. The number of hydrogen-bond acceptors (Lipinski definition) is 9. The van der Waals surface area contributed by atoms with E-state index in [9.17, 15) is 18.0 Å². The van der Waals surface area contributed by atoms with E-state index in [1.807, 2.05) is 4.68 Å². The van der Waals surface area contributed by atoms with Gasteiger partial charge in [0.2, 0.25) is 0 Å². The van der Waals surface area contributed by atoms with Gasteiger partial charge in [0, 0.05) is 43.4 Å². The molecule has 7 rings (SSSR count). The van der Waals surface area contributed by atoms with Crippen LogP contribution in [0.15, 0.2) is 16.6 Å². The van der Waals surface area contributed by atoms with E-state index in [1.165, 1.54) is 19.1 Å². The third-order valence-corrected chi connectivity index (χ3v) is 10.9. The number of amides is 1. The number of fused-ring (bicyclic) bond motifs is 3. The summed E-state index contributed by atoms with van der Waals surface area (Å²) in [6.45, 7) is 5.56. The van der Waals surface area contributed by atoms with Crippen LogP contribution in [0.3, 0.4) is 0 Å². The summed E-state index contributed by atoms with van der Waals surface area (Å²) in [6, 6.07) is 2.76. The van der Waals surface area contributed by atoms with Crippen LogP contribution in [0.1, 0.15) is 89.3 Å². The number of nitrogens with one attached hydrogen (secondary N) is 1. The van der Waals surface area contributed by atoms with Crippen molar-refractivity contribution in [1.82, 2.24) is 30.0 Å². The van der Waals surface area contributed by atoms with Crippen molar-refractivity contribution < 1.29 is 27.4 Å². The number of alkyl halides is 3. The lowest BCUT2D eigenvalue weighted by Gasteiger charge is -2.33. The lowest BCUT2D eigenvalue weighted by atomic mass is 9.91. The number of carbonyl (C=O) groups is 1. The lowest BCUT2D eigenvalue weighted by Crippen LogP contribution is -2.43. The number of rotatable bonds is 6.